The number of sulfonamides is 1. The number of aryl methyl sites for hydroxylation is 1. The molecule has 1 aliphatic rings. The highest BCUT2D eigenvalue weighted by Gasteiger charge is 2.22. The maximum absolute atomic E-state index is 12.2. The Hall–Kier alpha value is -1.11. The summed E-state index contributed by atoms with van der Waals surface area (Å²) in [6, 6.07) is 4.89. The van der Waals surface area contributed by atoms with Crippen LogP contribution in [0, 0.1) is 12.8 Å². The number of rotatable bonds is 4. The molecule has 0 aliphatic carbocycles. The molecule has 19 heavy (non-hydrogen) atoms. The van der Waals surface area contributed by atoms with Crippen LogP contribution in [0.3, 0.4) is 0 Å². The summed E-state index contributed by atoms with van der Waals surface area (Å²) in [5, 5.41) is 0. The smallest absolute Gasteiger partial charge is 0.240 e. The van der Waals surface area contributed by atoms with Crippen LogP contribution in [0.15, 0.2) is 23.1 Å². The van der Waals surface area contributed by atoms with E-state index in [1.165, 1.54) is 6.07 Å². The van der Waals surface area contributed by atoms with Crippen LogP contribution < -0.4 is 10.5 Å². The van der Waals surface area contributed by atoms with Gasteiger partial charge in [0.1, 0.15) is 0 Å². The lowest BCUT2D eigenvalue weighted by Crippen LogP contribution is -2.30. The molecule has 1 aliphatic heterocycles. The molecule has 1 heterocycles. The average molecular weight is 283 g/mol. The summed E-state index contributed by atoms with van der Waals surface area (Å²) in [5.41, 5.74) is 7.01. The fourth-order valence-electron chi connectivity index (χ4n) is 2.44. The minimum atomic E-state index is -3.46. The van der Waals surface area contributed by atoms with Gasteiger partial charge in [-0.2, -0.15) is 0 Å². The van der Waals surface area contributed by atoms with Gasteiger partial charge in [0.05, 0.1) is 4.90 Å². The predicted molar refractivity (Wildman–Crippen MR) is 76.4 cm³/mol. The number of likely N-dealkylation sites (tertiary alicyclic amines) is 1. The molecule has 0 saturated carbocycles. The molecule has 1 aromatic carbocycles. The van der Waals surface area contributed by atoms with Crippen LogP contribution in [0.25, 0.3) is 0 Å². The van der Waals surface area contributed by atoms with E-state index in [1.807, 2.05) is 6.92 Å². The van der Waals surface area contributed by atoms with Crippen molar-refractivity contribution in [2.45, 2.75) is 18.2 Å². The third-order valence-corrected chi connectivity index (χ3v) is 4.84. The van der Waals surface area contributed by atoms with E-state index in [0.717, 1.165) is 25.1 Å². The SMILES string of the molecule is Cc1cc(N)cc(S(=O)(=O)NCC2CCN(C)C2)c1. The highest BCUT2D eigenvalue weighted by molar-refractivity contribution is 7.89. The van der Waals surface area contributed by atoms with Crippen LogP contribution in [0.1, 0.15) is 12.0 Å². The minimum Gasteiger partial charge on any atom is -0.399 e. The molecule has 0 spiro atoms. The number of anilines is 1. The topological polar surface area (TPSA) is 75.4 Å². The van der Waals surface area contributed by atoms with Crippen molar-refractivity contribution in [1.82, 2.24) is 9.62 Å². The van der Waals surface area contributed by atoms with E-state index in [2.05, 4.69) is 16.7 Å². The zero-order valence-corrected chi connectivity index (χ0v) is 12.2. The Morgan fingerprint density at radius 2 is 2.16 bits per heavy atom. The van der Waals surface area contributed by atoms with Crippen molar-refractivity contribution in [3.05, 3.63) is 23.8 Å². The molecule has 1 aromatic rings. The molecule has 3 N–H and O–H groups in total. The molecule has 0 radical (unpaired) electrons. The highest BCUT2D eigenvalue weighted by atomic mass is 32.2. The third-order valence-electron chi connectivity index (χ3n) is 3.43. The van der Waals surface area contributed by atoms with E-state index in [4.69, 9.17) is 5.73 Å². The first-order valence-corrected chi connectivity index (χ1v) is 7.90. The first-order chi connectivity index (χ1) is 8.87. The normalized spacial score (nSPS) is 20.8. The third kappa shape index (κ3) is 3.68. The molecule has 1 atom stereocenters. The number of nitrogens with one attached hydrogen (secondary N) is 1. The summed E-state index contributed by atoms with van der Waals surface area (Å²) in [6.07, 6.45) is 1.04. The van der Waals surface area contributed by atoms with E-state index in [-0.39, 0.29) is 4.90 Å². The zero-order chi connectivity index (χ0) is 14.0. The van der Waals surface area contributed by atoms with Crippen molar-refractivity contribution >= 4 is 15.7 Å². The maximum Gasteiger partial charge on any atom is 0.240 e. The van der Waals surface area contributed by atoms with Gasteiger partial charge in [-0.3, -0.25) is 0 Å². The molecule has 2 rings (SSSR count). The Bertz CT molecular complexity index is 537. The molecular formula is C13H21N3O2S. The molecular weight excluding hydrogens is 262 g/mol. The van der Waals surface area contributed by atoms with E-state index in [0.29, 0.717) is 18.2 Å². The monoisotopic (exact) mass is 283 g/mol. The van der Waals surface area contributed by atoms with Gasteiger partial charge in [0.25, 0.3) is 0 Å². The Morgan fingerprint density at radius 3 is 2.74 bits per heavy atom. The van der Waals surface area contributed by atoms with Crippen LogP contribution in [0.2, 0.25) is 0 Å². The largest absolute Gasteiger partial charge is 0.399 e. The van der Waals surface area contributed by atoms with Gasteiger partial charge in [-0.05, 0) is 56.6 Å². The Kier molecular flexibility index (Phi) is 4.13. The highest BCUT2D eigenvalue weighted by Crippen LogP contribution is 2.18. The summed E-state index contributed by atoms with van der Waals surface area (Å²) < 4.78 is 27.1. The Balaban J connectivity index is 2.05. The Morgan fingerprint density at radius 1 is 1.42 bits per heavy atom. The number of nitrogens with zero attached hydrogens (tertiary/aromatic N) is 1. The lowest BCUT2D eigenvalue weighted by molar-refractivity contribution is 0.394. The molecule has 5 nitrogen and oxygen atoms in total. The van der Waals surface area contributed by atoms with Gasteiger partial charge in [-0.25, -0.2) is 13.1 Å². The fraction of sp³-hybridized carbons (Fsp3) is 0.538. The number of hydrogen-bond acceptors (Lipinski definition) is 4. The van der Waals surface area contributed by atoms with Gasteiger partial charge < -0.3 is 10.6 Å². The zero-order valence-electron chi connectivity index (χ0n) is 11.4. The average Bonchev–Trinajstić information content (AvgIpc) is 2.71. The molecule has 0 amide bonds. The van der Waals surface area contributed by atoms with Crippen LogP contribution >= 0.6 is 0 Å². The van der Waals surface area contributed by atoms with Crippen LogP contribution in [-0.4, -0.2) is 40.0 Å². The second kappa shape index (κ2) is 5.48. The second-order valence-corrected chi connectivity index (χ2v) is 7.12. The summed E-state index contributed by atoms with van der Waals surface area (Å²) in [7, 11) is -1.41. The number of nitrogen functional groups attached to an aromatic ring is 1. The van der Waals surface area contributed by atoms with E-state index in [9.17, 15) is 8.42 Å². The van der Waals surface area contributed by atoms with Crippen molar-refractivity contribution in [3.63, 3.8) is 0 Å². The first kappa shape index (κ1) is 14.3. The molecule has 1 saturated heterocycles. The van der Waals surface area contributed by atoms with Crippen molar-refractivity contribution in [2.75, 3.05) is 32.4 Å². The lowest BCUT2D eigenvalue weighted by atomic mass is 10.1. The molecule has 1 unspecified atom stereocenters. The van der Waals surface area contributed by atoms with E-state index in [1.54, 1.807) is 12.1 Å². The summed E-state index contributed by atoms with van der Waals surface area (Å²) >= 11 is 0. The molecule has 106 valence electrons. The molecule has 0 bridgehead atoms. The molecule has 6 heteroatoms. The fourth-order valence-corrected chi connectivity index (χ4v) is 3.69. The number of benzene rings is 1. The quantitative estimate of drug-likeness (QED) is 0.802. The molecule has 1 fully saturated rings. The standard InChI is InChI=1S/C13H21N3O2S/c1-10-5-12(14)7-13(6-10)19(17,18)15-8-11-3-4-16(2)9-11/h5-7,11,15H,3-4,8-9,14H2,1-2H3. The van der Waals surface area contributed by atoms with Crippen LogP contribution in [-0.2, 0) is 10.0 Å². The molecule has 0 aromatic heterocycles. The lowest BCUT2D eigenvalue weighted by Gasteiger charge is -2.13. The summed E-state index contributed by atoms with van der Waals surface area (Å²) in [4.78, 5) is 2.46. The van der Waals surface area contributed by atoms with Crippen molar-refractivity contribution in [2.24, 2.45) is 5.92 Å². The van der Waals surface area contributed by atoms with Crippen molar-refractivity contribution < 1.29 is 8.42 Å². The number of nitrogens with two attached hydrogens (primary N) is 1. The van der Waals surface area contributed by atoms with Crippen LogP contribution in [0.4, 0.5) is 5.69 Å². The predicted octanol–water partition coefficient (Wildman–Crippen LogP) is 0.807. The van der Waals surface area contributed by atoms with Gasteiger partial charge in [0.15, 0.2) is 0 Å². The van der Waals surface area contributed by atoms with Crippen molar-refractivity contribution in [3.8, 4) is 0 Å². The van der Waals surface area contributed by atoms with Gasteiger partial charge in [0, 0.05) is 18.8 Å². The van der Waals surface area contributed by atoms with E-state index < -0.39 is 10.0 Å². The van der Waals surface area contributed by atoms with Crippen LogP contribution in [0.5, 0.6) is 0 Å². The van der Waals surface area contributed by atoms with Gasteiger partial charge in [0.2, 0.25) is 10.0 Å². The van der Waals surface area contributed by atoms with E-state index >= 15 is 0 Å². The Labute approximate surface area is 114 Å². The maximum atomic E-state index is 12.2. The first-order valence-electron chi connectivity index (χ1n) is 6.42. The number of hydrogen-bond donors (Lipinski definition) is 2. The van der Waals surface area contributed by atoms with Crippen molar-refractivity contribution in [1.29, 1.82) is 0 Å². The van der Waals surface area contributed by atoms with Gasteiger partial charge in [-0.15, -0.1) is 0 Å². The van der Waals surface area contributed by atoms with Gasteiger partial charge in [-0.1, -0.05) is 0 Å². The van der Waals surface area contributed by atoms with Gasteiger partial charge >= 0.3 is 0 Å². The summed E-state index contributed by atoms with van der Waals surface area (Å²) in [5.74, 6) is 0.391. The summed E-state index contributed by atoms with van der Waals surface area (Å²) in [6.45, 7) is 4.30. The second-order valence-electron chi connectivity index (χ2n) is 5.35. The minimum absolute atomic E-state index is 0.247.